The summed E-state index contributed by atoms with van der Waals surface area (Å²) in [5.74, 6) is 0.898. The molecule has 0 aromatic heterocycles. The molecule has 0 amide bonds. The monoisotopic (exact) mass is 391 g/mol. The molecular formula is C21H37N5S. The van der Waals surface area contributed by atoms with Crippen molar-refractivity contribution in [2.75, 3.05) is 59.6 Å². The predicted octanol–water partition coefficient (Wildman–Crippen LogP) is 2.67. The first-order valence-corrected chi connectivity index (χ1v) is 11.1. The standard InChI is InChI=1S/C21H37N5S/c1-21(2,27-5)17-24-20(22-3)23-12-9-13-26-15-14-25(4)16-19(26)18-10-7-6-8-11-18/h6-8,10-11,19H,9,12-17H2,1-5H3,(H2,22,23,24). The number of thioether (sulfide) groups is 1. The fraction of sp³-hybridized carbons (Fsp3) is 0.667. The Bertz CT molecular complexity index is 575. The molecule has 1 aromatic carbocycles. The molecule has 1 atom stereocenters. The lowest BCUT2D eigenvalue weighted by Crippen LogP contribution is -2.48. The number of hydrogen-bond donors (Lipinski definition) is 2. The van der Waals surface area contributed by atoms with Gasteiger partial charge in [-0.15, -0.1) is 0 Å². The first-order chi connectivity index (χ1) is 12.9. The van der Waals surface area contributed by atoms with E-state index in [9.17, 15) is 0 Å². The number of likely N-dealkylation sites (N-methyl/N-ethyl adjacent to an activating group) is 1. The summed E-state index contributed by atoms with van der Waals surface area (Å²) in [5.41, 5.74) is 1.42. The minimum atomic E-state index is 0.209. The van der Waals surface area contributed by atoms with Gasteiger partial charge in [0.15, 0.2) is 5.96 Å². The van der Waals surface area contributed by atoms with Crippen LogP contribution in [0.5, 0.6) is 0 Å². The van der Waals surface area contributed by atoms with Crippen LogP contribution in [-0.4, -0.2) is 80.1 Å². The van der Waals surface area contributed by atoms with E-state index in [0.717, 1.165) is 51.6 Å². The van der Waals surface area contributed by atoms with Crippen LogP contribution in [0.15, 0.2) is 35.3 Å². The van der Waals surface area contributed by atoms with Crippen LogP contribution in [0.4, 0.5) is 0 Å². The summed E-state index contributed by atoms with van der Waals surface area (Å²) in [4.78, 5) is 9.41. The molecule has 0 saturated carbocycles. The Balaban J connectivity index is 1.79. The molecule has 0 bridgehead atoms. The van der Waals surface area contributed by atoms with Gasteiger partial charge < -0.3 is 15.5 Å². The Kier molecular flexibility index (Phi) is 8.93. The van der Waals surface area contributed by atoms with E-state index in [1.165, 1.54) is 5.56 Å². The Hall–Kier alpha value is -1.24. The van der Waals surface area contributed by atoms with Crippen LogP contribution in [0.2, 0.25) is 0 Å². The maximum absolute atomic E-state index is 4.35. The van der Waals surface area contributed by atoms with Crippen molar-refractivity contribution in [1.29, 1.82) is 0 Å². The summed E-state index contributed by atoms with van der Waals surface area (Å²) in [6.45, 7) is 10.8. The van der Waals surface area contributed by atoms with Gasteiger partial charge in [0.05, 0.1) is 0 Å². The molecular weight excluding hydrogens is 354 g/mol. The SMILES string of the molecule is CN=C(NCCCN1CCN(C)CC1c1ccccc1)NCC(C)(C)SC. The number of nitrogens with zero attached hydrogens (tertiary/aromatic N) is 3. The van der Waals surface area contributed by atoms with Crippen molar-refractivity contribution in [3.63, 3.8) is 0 Å². The largest absolute Gasteiger partial charge is 0.356 e. The fourth-order valence-electron chi connectivity index (χ4n) is 3.29. The van der Waals surface area contributed by atoms with Crippen molar-refractivity contribution in [3.8, 4) is 0 Å². The number of rotatable bonds is 8. The number of hydrogen-bond acceptors (Lipinski definition) is 4. The molecule has 6 heteroatoms. The van der Waals surface area contributed by atoms with E-state index in [2.05, 4.69) is 82.9 Å². The Labute approximate surface area is 170 Å². The first kappa shape index (κ1) is 22.1. The summed E-state index contributed by atoms with van der Waals surface area (Å²) < 4.78 is 0.209. The van der Waals surface area contributed by atoms with Crippen LogP contribution in [0.3, 0.4) is 0 Å². The second-order valence-electron chi connectivity index (χ2n) is 7.89. The highest BCUT2D eigenvalue weighted by Gasteiger charge is 2.25. The predicted molar refractivity (Wildman–Crippen MR) is 120 cm³/mol. The van der Waals surface area contributed by atoms with Crippen molar-refractivity contribution in [1.82, 2.24) is 20.4 Å². The highest BCUT2D eigenvalue weighted by molar-refractivity contribution is 7.99. The Morgan fingerprint density at radius 2 is 1.96 bits per heavy atom. The molecule has 2 rings (SSSR count). The Morgan fingerprint density at radius 3 is 2.63 bits per heavy atom. The number of guanidine groups is 1. The van der Waals surface area contributed by atoms with Crippen LogP contribution in [-0.2, 0) is 0 Å². The van der Waals surface area contributed by atoms with Crippen LogP contribution in [0.1, 0.15) is 31.9 Å². The van der Waals surface area contributed by atoms with Gasteiger partial charge in [0.25, 0.3) is 0 Å². The lowest BCUT2D eigenvalue weighted by atomic mass is 10.0. The van der Waals surface area contributed by atoms with E-state index in [-0.39, 0.29) is 4.75 Å². The maximum atomic E-state index is 4.35. The number of piperazine rings is 1. The highest BCUT2D eigenvalue weighted by atomic mass is 32.2. The summed E-state index contributed by atoms with van der Waals surface area (Å²) in [7, 11) is 4.06. The van der Waals surface area contributed by atoms with Crippen molar-refractivity contribution >= 4 is 17.7 Å². The summed E-state index contributed by atoms with van der Waals surface area (Å²) in [6.07, 6.45) is 3.26. The van der Waals surface area contributed by atoms with E-state index < -0.39 is 0 Å². The zero-order valence-electron chi connectivity index (χ0n) is 17.7. The van der Waals surface area contributed by atoms with Gasteiger partial charge in [0.2, 0.25) is 0 Å². The zero-order chi connectivity index (χ0) is 19.7. The molecule has 1 fully saturated rings. The van der Waals surface area contributed by atoms with E-state index in [1.807, 2.05) is 18.8 Å². The average molecular weight is 392 g/mol. The maximum Gasteiger partial charge on any atom is 0.191 e. The Morgan fingerprint density at radius 1 is 1.22 bits per heavy atom. The second-order valence-corrected chi connectivity index (χ2v) is 9.41. The summed E-state index contributed by atoms with van der Waals surface area (Å²) in [5, 5.41) is 6.90. The van der Waals surface area contributed by atoms with Crippen LogP contribution >= 0.6 is 11.8 Å². The normalized spacial score (nSPS) is 19.9. The molecule has 1 aromatic rings. The van der Waals surface area contributed by atoms with Crippen molar-refractivity contribution < 1.29 is 0 Å². The van der Waals surface area contributed by atoms with Crippen molar-refractivity contribution in [2.45, 2.75) is 31.1 Å². The molecule has 1 saturated heterocycles. The third-order valence-electron chi connectivity index (χ3n) is 5.25. The second kappa shape index (κ2) is 10.9. The minimum absolute atomic E-state index is 0.209. The zero-order valence-corrected chi connectivity index (χ0v) is 18.5. The summed E-state index contributed by atoms with van der Waals surface area (Å²) >= 11 is 1.87. The van der Waals surface area contributed by atoms with Crippen molar-refractivity contribution in [2.24, 2.45) is 4.99 Å². The number of nitrogens with one attached hydrogen (secondary N) is 2. The topological polar surface area (TPSA) is 42.9 Å². The van der Waals surface area contributed by atoms with Crippen LogP contribution < -0.4 is 10.6 Å². The third-order valence-corrected chi connectivity index (χ3v) is 6.50. The third kappa shape index (κ3) is 7.35. The molecule has 152 valence electrons. The first-order valence-electron chi connectivity index (χ1n) is 9.92. The highest BCUT2D eigenvalue weighted by Crippen LogP contribution is 2.24. The lowest BCUT2D eigenvalue weighted by molar-refractivity contribution is 0.0891. The molecule has 0 aliphatic carbocycles. The van der Waals surface area contributed by atoms with Gasteiger partial charge in [0, 0.05) is 57.1 Å². The van der Waals surface area contributed by atoms with Crippen LogP contribution in [0.25, 0.3) is 0 Å². The van der Waals surface area contributed by atoms with E-state index in [1.54, 1.807) is 0 Å². The van der Waals surface area contributed by atoms with Crippen LogP contribution in [0, 0.1) is 0 Å². The molecule has 0 spiro atoms. The lowest BCUT2D eigenvalue weighted by Gasteiger charge is -2.40. The smallest absolute Gasteiger partial charge is 0.191 e. The average Bonchev–Trinajstić information content (AvgIpc) is 2.69. The van der Waals surface area contributed by atoms with E-state index in [0.29, 0.717) is 6.04 Å². The van der Waals surface area contributed by atoms with Gasteiger partial charge in [-0.1, -0.05) is 30.3 Å². The minimum Gasteiger partial charge on any atom is -0.356 e. The number of benzene rings is 1. The molecule has 1 unspecified atom stereocenters. The van der Waals surface area contributed by atoms with Crippen molar-refractivity contribution in [3.05, 3.63) is 35.9 Å². The van der Waals surface area contributed by atoms with Gasteiger partial charge in [-0.2, -0.15) is 11.8 Å². The van der Waals surface area contributed by atoms with Gasteiger partial charge in [-0.25, -0.2) is 0 Å². The number of aliphatic imine (C=N–C) groups is 1. The van der Waals surface area contributed by atoms with Gasteiger partial charge in [-0.05, 0) is 39.1 Å². The molecule has 0 radical (unpaired) electrons. The molecule has 5 nitrogen and oxygen atoms in total. The fourth-order valence-corrected chi connectivity index (χ4v) is 3.51. The quantitative estimate of drug-likeness (QED) is 0.405. The van der Waals surface area contributed by atoms with Gasteiger partial charge in [-0.3, -0.25) is 9.89 Å². The van der Waals surface area contributed by atoms with E-state index >= 15 is 0 Å². The molecule has 1 aliphatic heterocycles. The van der Waals surface area contributed by atoms with Gasteiger partial charge in [0.1, 0.15) is 0 Å². The van der Waals surface area contributed by atoms with E-state index in [4.69, 9.17) is 0 Å². The molecule has 27 heavy (non-hydrogen) atoms. The molecule has 2 N–H and O–H groups in total. The summed E-state index contributed by atoms with van der Waals surface area (Å²) in [6, 6.07) is 11.4. The molecule has 1 aliphatic rings. The van der Waals surface area contributed by atoms with Gasteiger partial charge >= 0.3 is 0 Å². The molecule has 1 heterocycles.